The lowest BCUT2D eigenvalue weighted by molar-refractivity contribution is 0.325. The van der Waals surface area contributed by atoms with Crippen molar-refractivity contribution in [3.8, 4) is 0 Å². The molecule has 0 aliphatic heterocycles. The first-order chi connectivity index (χ1) is 10.2. The molecule has 1 saturated carbocycles. The molecule has 1 aliphatic rings. The van der Waals surface area contributed by atoms with Crippen molar-refractivity contribution in [3.63, 3.8) is 0 Å². The number of anilines is 1. The van der Waals surface area contributed by atoms with Gasteiger partial charge in [-0.3, -0.25) is 0 Å². The third kappa shape index (κ3) is 2.88. The summed E-state index contributed by atoms with van der Waals surface area (Å²) in [6.45, 7) is 0.606. The molecular formula is C16H19FN4. The van der Waals surface area contributed by atoms with Gasteiger partial charge in [0.15, 0.2) is 0 Å². The Bertz CT molecular complexity index is 606. The Morgan fingerprint density at radius 3 is 2.48 bits per heavy atom. The maximum atomic E-state index is 14.2. The summed E-state index contributed by atoms with van der Waals surface area (Å²) in [5, 5.41) is 3.53. The molecule has 1 fully saturated rings. The molecule has 3 N–H and O–H groups in total. The van der Waals surface area contributed by atoms with Gasteiger partial charge in [0, 0.05) is 35.6 Å². The van der Waals surface area contributed by atoms with Crippen LogP contribution in [-0.4, -0.2) is 9.97 Å². The molecule has 1 aromatic heterocycles. The quantitative estimate of drug-likeness (QED) is 0.907. The Hall–Kier alpha value is -2.01. The van der Waals surface area contributed by atoms with Crippen molar-refractivity contribution in [3.05, 3.63) is 53.6 Å². The van der Waals surface area contributed by atoms with Gasteiger partial charge in [-0.15, -0.1) is 0 Å². The third-order valence-corrected chi connectivity index (χ3v) is 4.20. The van der Waals surface area contributed by atoms with E-state index in [0.717, 1.165) is 36.8 Å². The van der Waals surface area contributed by atoms with Gasteiger partial charge in [-0.25, -0.2) is 14.4 Å². The number of nitrogen functional groups attached to an aromatic ring is 1. The molecule has 1 aliphatic carbocycles. The zero-order chi connectivity index (χ0) is 14.7. The van der Waals surface area contributed by atoms with Crippen molar-refractivity contribution in [2.45, 2.75) is 37.8 Å². The summed E-state index contributed by atoms with van der Waals surface area (Å²) in [5.41, 5.74) is 6.92. The highest BCUT2D eigenvalue weighted by molar-refractivity contribution is 5.28. The minimum absolute atomic E-state index is 0.138. The molecule has 0 atom stereocenters. The van der Waals surface area contributed by atoms with Crippen LogP contribution in [0.1, 0.15) is 36.8 Å². The second-order valence-electron chi connectivity index (χ2n) is 5.57. The zero-order valence-electron chi connectivity index (χ0n) is 11.8. The van der Waals surface area contributed by atoms with Crippen LogP contribution < -0.4 is 11.1 Å². The van der Waals surface area contributed by atoms with E-state index in [1.54, 1.807) is 18.5 Å². The van der Waals surface area contributed by atoms with Crippen LogP contribution in [0.3, 0.4) is 0 Å². The summed E-state index contributed by atoms with van der Waals surface area (Å²) >= 11 is 0. The summed E-state index contributed by atoms with van der Waals surface area (Å²) < 4.78 is 14.2. The van der Waals surface area contributed by atoms with E-state index in [-0.39, 0.29) is 17.3 Å². The summed E-state index contributed by atoms with van der Waals surface area (Å²) in [5.74, 6) is 0.129. The van der Waals surface area contributed by atoms with Gasteiger partial charge in [0.2, 0.25) is 5.95 Å². The van der Waals surface area contributed by atoms with E-state index < -0.39 is 0 Å². The van der Waals surface area contributed by atoms with Crippen LogP contribution in [-0.2, 0) is 12.1 Å². The van der Waals surface area contributed by atoms with Crippen molar-refractivity contribution in [1.82, 2.24) is 15.3 Å². The number of nitrogens with zero attached hydrogens (tertiary/aromatic N) is 2. The SMILES string of the molecule is Nc1ncc(CNC2(c3ccccc3F)CCCC2)cn1. The van der Waals surface area contributed by atoms with Crippen molar-refractivity contribution in [2.24, 2.45) is 0 Å². The second-order valence-corrected chi connectivity index (χ2v) is 5.57. The highest BCUT2D eigenvalue weighted by atomic mass is 19.1. The van der Waals surface area contributed by atoms with E-state index in [1.807, 2.05) is 12.1 Å². The Balaban J connectivity index is 1.82. The van der Waals surface area contributed by atoms with Gasteiger partial charge in [0.1, 0.15) is 5.82 Å². The van der Waals surface area contributed by atoms with E-state index in [0.29, 0.717) is 6.54 Å². The van der Waals surface area contributed by atoms with Crippen molar-refractivity contribution in [2.75, 3.05) is 5.73 Å². The van der Waals surface area contributed by atoms with Gasteiger partial charge in [0.05, 0.1) is 0 Å². The molecule has 4 nitrogen and oxygen atoms in total. The number of aromatic nitrogens is 2. The molecule has 0 bridgehead atoms. The van der Waals surface area contributed by atoms with E-state index in [9.17, 15) is 4.39 Å². The molecule has 0 amide bonds. The van der Waals surface area contributed by atoms with E-state index in [2.05, 4.69) is 15.3 Å². The van der Waals surface area contributed by atoms with Gasteiger partial charge in [0.25, 0.3) is 0 Å². The normalized spacial score (nSPS) is 17.0. The van der Waals surface area contributed by atoms with Crippen LogP contribution in [0.5, 0.6) is 0 Å². The molecule has 3 rings (SSSR count). The average Bonchev–Trinajstić information content (AvgIpc) is 2.97. The number of hydrogen-bond acceptors (Lipinski definition) is 4. The lowest BCUT2D eigenvalue weighted by Gasteiger charge is -2.31. The molecule has 0 spiro atoms. The maximum Gasteiger partial charge on any atom is 0.219 e. The minimum atomic E-state index is -0.285. The third-order valence-electron chi connectivity index (χ3n) is 4.20. The largest absolute Gasteiger partial charge is 0.368 e. The van der Waals surface area contributed by atoms with E-state index in [4.69, 9.17) is 5.73 Å². The Morgan fingerprint density at radius 2 is 1.81 bits per heavy atom. The van der Waals surface area contributed by atoms with Gasteiger partial charge in [-0.2, -0.15) is 0 Å². The van der Waals surface area contributed by atoms with Gasteiger partial charge < -0.3 is 11.1 Å². The molecule has 110 valence electrons. The smallest absolute Gasteiger partial charge is 0.219 e. The fourth-order valence-corrected chi connectivity index (χ4v) is 3.10. The van der Waals surface area contributed by atoms with Crippen molar-refractivity contribution in [1.29, 1.82) is 0 Å². The highest BCUT2D eigenvalue weighted by Crippen LogP contribution is 2.40. The first kappa shape index (κ1) is 13.9. The number of halogens is 1. The summed E-state index contributed by atoms with van der Waals surface area (Å²) in [7, 11) is 0. The number of rotatable bonds is 4. The van der Waals surface area contributed by atoms with E-state index >= 15 is 0 Å². The Kier molecular flexibility index (Phi) is 3.84. The standard InChI is InChI=1S/C16H19FN4/c17-14-6-2-1-5-13(14)16(7-3-4-8-16)21-11-12-9-19-15(18)20-10-12/h1-2,5-6,9-10,21H,3-4,7-8,11H2,(H2,18,19,20). The topological polar surface area (TPSA) is 63.8 Å². The summed E-state index contributed by atoms with van der Waals surface area (Å²) in [6, 6.07) is 7.04. The molecule has 5 heteroatoms. The number of hydrogen-bond donors (Lipinski definition) is 2. The second kappa shape index (κ2) is 5.77. The predicted octanol–water partition coefficient (Wildman–Crippen LogP) is 2.76. The van der Waals surface area contributed by atoms with Gasteiger partial charge in [-0.1, -0.05) is 31.0 Å². The van der Waals surface area contributed by atoms with Crippen LogP contribution in [0.4, 0.5) is 10.3 Å². The summed E-state index contributed by atoms with van der Waals surface area (Å²) in [6.07, 6.45) is 7.53. The lowest BCUT2D eigenvalue weighted by atomic mass is 9.87. The van der Waals surface area contributed by atoms with Crippen LogP contribution in [0.25, 0.3) is 0 Å². The fourth-order valence-electron chi connectivity index (χ4n) is 3.10. The lowest BCUT2D eigenvalue weighted by Crippen LogP contribution is -2.40. The monoisotopic (exact) mass is 286 g/mol. The molecule has 0 unspecified atom stereocenters. The van der Waals surface area contributed by atoms with Crippen LogP contribution in [0.2, 0.25) is 0 Å². The number of benzene rings is 1. The molecule has 1 aromatic carbocycles. The molecule has 0 radical (unpaired) electrons. The Labute approximate surface area is 123 Å². The zero-order valence-corrected chi connectivity index (χ0v) is 11.8. The number of nitrogens with one attached hydrogen (secondary N) is 1. The maximum absolute atomic E-state index is 14.2. The first-order valence-electron chi connectivity index (χ1n) is 7.26. The average molecular weight is 286 g/mol. The van der Waals surface area contributed by atoms with Crippen LogP contribution >= 0.6 is 0 Å². The van der Waals surface area contributed by atoms with Crippen LogP contribution in [0, 0.1) is 5.82 Å². The van der Waals surface area contributed by atoms with Crippen molar-refractivity contribution >= 4 is 5.95 Å². The predicted molar refractivity (Wildman–Crippen MR) is 79.8 cm³/mol. The fraction of sp³-hybridized carbons (Fsp3) is 0.375. The minimum Gasteiger partial charge on any atom is -0.368 e. The van der Waals surface area contributed by atoms with E-state index in [1.165, 1.54) is 6.07 Å². The van der Waals surface area contributed by atoms with Gasteiger partial charge >= 0.3 is 0 Å². The molecule has 21 heavy (non-hydrogen) atoms. The Morgan fingerprint density at radius 1 is 1.14 bits per heavy atom. The summed E-state index contributed by atoms with van der Waals surface area (Å²) in [4.78, 5) is 7.98. The van der Waals surface area contributed by atoms with Gasteiger partial charge in [-0.05, 0) is 18.9 Å². The molecule has 2 aromatic rings. The van der Waals surface area contributed by atoms with Crippen LogP contribution in [0.15, 0.2) is 36.7 Å². The highest BCUT2D eigenvalue weighted by Gasteiger charge is 2.36. The first-order valence-corrected chi connectivity index (χ1v) is 7.26. The molecular weight excluding hydrogens is 267 g/mol. The number of nitrogens with two attached hydrogens (primary N) is 1. The molecule has 0 saturated heterocycles. The van der Waals surface area contributed by atoms with Crippen molar-refractivity contribution < 1.29 is 4.39 Å². The molecule has 1 heterocycles.